The van der Waals surface area contributed by atoms with E-state index in [0.29, 0.717) is 0 Å². The molecule has 0 saturated carbocycles. The highest BCUT2D eigenvalue weighted by molar-refractivity contribution is 5.92. The Bertz CT molecular complexity index is 562. The molecule has 0 aliphatic carbocycles. The van der Waals surface area contributed by atoms with Crippen LogP contribution in [0, 0.1) is 0 Å². The first-order chi connectivity index (χ1) is 6.95. The molecule has 2 aliphatic heterocycles. The first kappa shape index (κ1) is 7.38. The minimum absolute atomic E-state index is 0.956. The summed E-state index contributed by atoms with van der Waals surface area (Å²) in [5, 5.41) is 1.04. The fraction of sp³-hybridized carbons (Fsp3) is 0. The Labute approximate surface area is 80.8 Å². The maximum Gasteiger partial charge on any atom is 0.0812 e. The Morgan fingerprint density at radius 2 is 1.79 bits per heavy atom. The third kappa shape index (κ3) is 0.956. The molecule has 0 radical (unpaired) electrons. The van der Waals surface area contributed by atoms with Crippen LogP contribution in [0.2, 0.25) is 0 Å². The zero-order valence-corrected chi connectivity index (χ0v) is 7.38. The number of fused-ring (bicyclic) bond motifs is 3. The molecule has 0 aromatic carbocycles. The Morgan fingerprint density at radius 3 is 2.71 bits per heavy atom. The van der Waals surface area contributed by atoms with Crippen molar-refractivity contribution >= 4 is 10.9 Å². The summed E-state index contributed by atoms with van der Waals surface area (Å²) in [5.74, 6) is 0. The summed E-state index contributed by atoms with van der Waals surface area (Å²) >= 11 is 0. The molecule has 3 heteroatoms. The Morgan fingerprint density at radius 1 is 0.929 bits per heavy atom. The van der Waals surface area contributed by atoms with Gasteiger partial charge in [-0.2, -0.15) is 0 Å². The number of rotatable bonds is 0. The number of aromatic nitrogens is 3. The maximum atomic E-state index is 4.34. The summed E-state index contributed by atoms with van der Waals surface area (Å²) in [6, 6.07) is 3.91. The highest BCUT2D eigenvalue weighted by atomic mass is 14.7. The molecule has 3 rings (SSSR count). The SMILES string of the molecule is c1cnc2c3cncc-3cncc2c1. The summed E-state index contributed by atoms with van der Waals surface area (Å²) in [7, 11) is 0. The highest BCUT2D eigenvalue weighted by Crippen LogP contribution is 2.25. The van der Waals surface area contributed by atoms with Gasteiger partial charge in [0.2, 0.25) is 0 Å². The average Bonchev–Trinajstić information content (AvgIpc) is 2.61. The molecule has 0 amide bonds. The molecule has 1 aromatic rings. The van der Waals surface area contributed by atoms with Crippen molar-refractivity contribution in [2.75, 3.05) is 0 Å². The van der Waals surface area contributed by atoms with Crippen LogP contribution in [0.5, 0.6) is 0 Å². The smallest absolute Gasteiger partial charge is 0.0812 e. The predicted molar refractivity (Wildman–Crippen MR) is 54.0 cm³/mol. The third-order valence-electron chi connectivity index (χ3n) is 2.25. The van der Waals surface area contributed by atoms with Crippen LogP contribution in [-0.2, 0) is 0 Å². The lowest BCUT2D eigenvalue weighted by molar-refractivity contribution is 1.36. The zero-order chi connectivity index (χ0) is 9.38. The largest absolute Gasteiger partial charge is 0.263 e. The average molecular weight is 181 g/mol. The molecule has 3 heterocycles. The van der Waals surface area contributed by atoms with E-state index in [1.54, 1.807) is 12.4 Å². The number of hydrogen-bond donors (Lipinski definition) is 0. The molecule has 66 valence electrons. The van der Waals surface area contributed by atoms with E-state index in [1.807, 2.05) is 30.7 Å². The van der Waals surface area contributed by atoms with Gasteiger partial charge in [-0.25, -0.2) is 0 Å². The predicted octanol–water partition coefficient (Wildman–Crippen LogP) is 2.13. The Balaban J connectivity index is 2.56. The summed E-state index contributed by atoms with van der Waals surface area (Å²) < 4.78 is 0. The van der Waals surface area contributed by atoms with Crippen LogP contribution in [0.1, 0.15) is 0 Å². The molecule has 3 nitrogen and oxygen atoms in total. The molecule has 2 aliphatic rings. The molecule has 0 unspecified atom stereocenters. The Kier molecular flexibility index (Phi) is 1.44. The minimum Gasteiger partial charge on any atom is -0.263 e. The van der Waals surface area contributed by atoms with Gasteiger partial charge in [0, 0.05) is 47.5 Å². The summed E-state index contributed by atoms with van der Waals surface area (Å²) in [5.41, 5.74) is 3.04. The summed E-state index contributed by atoms with van der Waals surface area (Å²) in [4.78, 5) is 12.6. The van der Waals surface area contributed by atoms with Crippen LogP contribution in [0.4, 0.5) is 0 Å². The van der Waals surface area contributed by atoms with Crippen molar-refractivity contribution in [1.82, 2.24) is 15.0 Å². The van der Waals surface area contributed by atoms with E-state index in [1.165, 1.54) is 0 Å². The molecule has 0 atom stereocenters. The van der Waals surface area contributed by atoms with E-state index < -0.39 is 0 Å². The van der Waals surface area contributed by atoms with E-state index in [4.69, 9.17) is 0 Å². The van der Waals surface area contributed by atoms with Crippen molar-refractivity contribution in [3.05, 3.63) is 43.1 Å². The van der Waals surface area contributed by atoms with Gasteiger partial charge in [0.15, 0.2) is 0 Å². The normalized spacial score (nSPS) is 10.9. The fourth-order valence-corrected chi connectivity index (χ4v) is 1.58. The second-order valence-corrected chi connectivity index (χ2v) is 3.12. The number of nitrogens with zero attached hydrogens (tertiary/aromatic N) is 3. The van der Waals surface area contributed by atoms with Crippen molar-refractivity contribution in [2.24, 2.45) is 0 Å². The van der Waals surface area contributed by atoms with Gasteiger partial charge in [-0.3, -0.25) is 15.0 Å². The highest BCUT2D eigenvalue weighted by Gasteiger charge is 2.06. The van der Waals surface area contributed by atoms with Gasteiger partial charge >= 0.3 is 0 Å². The van der Waals surface area contributed by atoms with Gasteiger partial charge < -0.3 is 0 Å². The van der Waals surface area contributed by atoms with Gasteiger partial charge in [-0.1, -0.05) is 0 Å². The van der Waals surface area contributed by atoms with Gasteiger partial charge in [0.1, 0.15) is 0 Å². The fourth-order valence-electron chi connectivity index (χ4n) is 1.58. The molecular weight excluding hydrogens is 174 g/mol. The number of hydrogen-bond acceptors (Lipinski definition) is 3. The standard InChI is InChI=1S/C11H7N3/c1-2-8-4-12-5-9-6-13-7-10(9)11(8)14-3-1/h1-7H. The summed E-state index contributed by atoms with van der Waals surface area (Å²) in [6.45, 7) is 0. The maximum absolute atomic E-state index is 4.34. The lowest BCUT2D eigenvalue weighted by Gasteiger charge is -1.93. The van der Waals surface area contributed by atoms with Gasteiger partial charge in [0.25, 0.3) is 0 Å². The zero-order valence-electron chi connectivity index (χ0n) is 7.38. The molecule has 14 heavy (non-hydrogen) atoms. The second kappa shape index (κ2) is 2.73. The van der Waals surface area contributed by atoms with E-state index in [0.717, 1.165) is 22.0 Å². The first-order valence-electron chi connectivity index (χ1n) is 4.37. The monoisotopic (exact) mass is 181 g/mol. The molecule has 1 aromatic heterocycles. The third-order valence-corrected chi connectivity index (χ3v) is 2.25. The lowest BCUT2D eigenvalue weighted by atomic mass is 10.1. The molecule has 0 N–H and O–H groups in total. The van der Waals surface area contributed by atoms with Crippen molar-refractivity contribution in [3.63, 3.8) is 0 Å². The van der Waals surface area contributed by atoms with Crippen LogP contribution in [0.15, 0.2) is 43.1 Å². The topological polar surface area (TPSA) is 38.7 Å². The molecule has 0 bridgehead atoms. The first-order valence-corrected chi connectivity index (χ1v) is 4.37. The van der Waals surface area contributed by atoms with Crippen molar-refractivity contribution in [2.45, 2.75) is 0 Å². The van der Waals surface area contributed by atoms with Crippen LogP contribution in [-0.4, -0.2) is 15.0 Å². The van der Waals surface area contributed by atoms with E-state index in [-0.39, 0.29) is 0 Å². The van der Waals surface area contributed by atoms with E-state index in [9.17, 15) is 0 Å². The van der Waals surface area contributed by atoms with Crippen LogP contribution in [0.3, 0.4) is 0 Å². The minimum atomic E-state index is 0.956. The van der Waals surface area contributed by atoms with Gasteiger partial charge in [-0.05, 0) is 12.1 Å². The van der Waals surface area contributed by atoms with E-state index >= 15 is 0 Å². The van der Waals surface area contributed by atoms with E-state index in [2.05, 4.69) is 15.0 Å². The van der Waals surface area contributed by atoms with Crippen LogP contribution < -0.4 is 0 Å². The second-order valence-electron chi connectivity index (χ2n) is 3.12. The molecule has 0 fully saturated rings. The quantitative estimate of drug-likeness (QED) is 0.533. The van der Waals surface area contributed by atoms with Crippen molar-refractivity contribution < 1.29 is 0 Å². The Hall–Kier alpha value is -2.03. The molecule has 0 saturated heterocycles. The number of pyridine rings is 1. The van der Waals surface area contributed by atoms with Crippen LogP contribution in [0.25, 0.3) is 22.0 Å². The van der Waals surface area contributed by atoms with Gasteiger partial charge in [0.05, 0.1) is 5.52 Å². The summed E-state index contributed by atoms with van der Waals surface area (Å²) in [6.07, 6.45) is 9.05. The molecular formula is C11H7N3. The van der Waals surface area contributed by atoms with Crippen LogP contribution >= 0.6 is 0 Å². The van der Waals surface area contributed by atoms with Crippen molar-refractivity contribution in [3.8, 4) is 11.1 Å². The molecule has 0 spiro atoms. The van der Waals surface area contributed by atoms with Crippen molar-refractivity contribution in [1.29, 1.82) is 0 Å². The lowest BCUT2D eigenvalue weighted by Crippen LogP contribution is -1.76. The van der Waals surface area contributed by atoms with Gasteiger partial charge in [-0.15, -0.1) is 0 Å².